The Morgan fingerprint density at radius 2 is 1.50 bits per heavy atom. The Bertz CT molecular complexity index is 1520. The minimum absolute atomic E-state index is 0.00963. The van der Waals surface area contributed by atoms with Crippen molar-refractivity contribution in [2.45, 2.75) is 76.8 Å². The zero-order valence-electron chi connectivity index (χ0n) is 34.7. The molecule has 0 bridgehead atoms. The van der Waals surface area contributed by atoms with Gasteiger partial charge in [-0.1, -0.05) is 0 Å². The zero-order valence-corrected chi connectivity index (χ0v) is 34.7. The molecule has 20 nitrogen and oxygen atoms in total. The lowest BCUT2D eigenvalue weighted by atomic mass is 9.92. The molecule has 0 aromatic heterocycles. The number of amides is 3. The number of likely N-dealkylation sites (tertiary alicyclic amines) is 1. The smallest absolute Gasteiger partial charge is 0.320 e. The number of aliphatic imine (C=N–C) groups is 1. The molecule has 3 saturated heterocycles. The van der Waals surface area contributed by atoms with Crippen molar-refractivity contribution in [1.29, 1.82) is 0 Å². The first-order valence-corrected chi connectivity index (χ1v) is 20.7. The monoisotopic (exact) mass is 848 g/mol. The van der Waals surface area contributed by atoms with Crippen molar-refractivity contribution in [1.82, 2.24) is 35.6 Å². The standard InChI is InChI=1S/C40H64N8O12/c1-28(60-21-13-43-34(49)7-6-33(40(58)59)47-19-17-45(26-37(53)54)15-16-46(18-20-47)27-38(55)56)22-31(24-41-2)32(23-36(51)52)44-39(57)30-4-3-14-48(25-30)35(50)8-5-29-9-11-42-12-10-29/h22,24,29-30,32-33,42H,2-21,23,25-27H2,1H3,(H,43,49)(H,44,57)(H,51,52)(H,53,54)(H,55,56)(H,58,59)/b28-22+,31-24+/t30-,32+,33?/m1/s1. The fourth-order valence-corrected chi connectivity index (χ4v) is 7.79. The Kier molecular flexibility index (Phi) is 21.7. The van der Waals surface area contributed by atoms with Crippen LogP contribution in [0.25, 0.3) is 0 Å². The van der Waals surface area contributed by atoms with Gasteiger partial charge in [-0.3, -0.25) is 53.3 Å². The predicted octanol–water partition coefficient (Wildman–Crippen LogP) is -0.0924. The van der Waals surface area contributed by atoms with Gasteiger partial charge in [-0.15, -0.1) is 0 Å². The molecule has 3 aliphatic rings. The first-order valence-electron chi connectivity index (χ1n) is 20.7. The van der Waals surface area contributed by atoms with Crippen LogP contribution in [0.2, 0.25) is 0 Å². The van der Waals surface area contributed by atoms with Crippen molar-refractivity contribution in [3.63, 3.8) is 0 Å². The number of nitrogens with zero attached hydrogens (tertiary/aromatic N) is 5. The summed E-state index contributed by atoms with van der Waals surface area (Å²) in [6.07, 6.45) is 6.79. The SMILES string of the molecule is C=N/C=C(\C=C(/C)OCCNC(=O)CCC(C(=O)O)N1CCN(CC(=O)O)CCN(CC(=O)O)CC1)[C@H](CC(=O)O)NC(=O)[C@@H]1CCCN(C(=O)CCC2CCNCC2)C1. The van der Waals surface area contributed by atoms with E-state index in [0.29, 0.717) is 56.1 Å². The topological polar surface area (TPSA) is 271 Å². The quantitative estimate of drug-likeness (QED) is 0.0306. The lowest BCUT2D eigenvalue weighted by Gasteiger charge is -2.33. The average molecular weight is 849 g/mol. The molecule has 336 valence electrons. The Labute approximate surface area is 351 Å². The number of rotatable bonds is 23. The van der Waals surface area contributed by atoms with Gasteiger partial charge in [-0.25, -0.2) is 0 Å². The fraction of sp³-hybridized carbons (Fsp3) is 0.700. The number of hydrogen-bond acceptors (Lipinski definition) is 13. The molecule has 3 aliphatic heterocycles. The molecule has 0 spiro atoms. The summed E-state index contributed by atoms with van der Waals surface area (Å²) in [4.78, 5) is 96.7. The Hall–Kier alpha value is -4.92. The van der Waals surface area contributed by atoms with Crippen LogP contribution in [0.4, 0.5) is 0 Å². The molecule has 3 heterocycles. The third kappa shape index (κ3) is 18.6. The van der Waals surface area contributed by atoms with E-state index < -0.39 is 54.2 Å². The van der Waals surface area contributed by atoms with E-state index in [2.05, 4.69) is 27.7 Å². The number of nitrogens with one attached hydrogen (secondary N) is 3. The van der Waals surface area contributed by atoms with Crippen molar-refractivity contribution in [3.8, 4) is 0 Å². The molecular formula is C40H64N8O12. The van der Waals surface area contributed by atoms with Crippen molar-refractivity contribution in [2.75, 3.05) is 91.7 Å². The number of carbonyl (C=O) groups excluding carboxylic acids is 3. The summed E-state index contributed by atoms with van der Waals surface area (Å²) < 4.78 is 5.76. The number of piperidine rings is 2. The highest BCUT2D eigenvalue weighted by atomic mass is 16.5. The van der Waals surface area contributed by atoms with E-state index in [1.165, 1.54) is 12.3 Å². The van der Waals surface area contributed by atoms with Gasteiger partial charge in [0.2, 0.25) is 17.7 Å². The predicted molar refractivity (Wildman–Crippen MR) is 219 cm³/mol. The van der Waals surface area contributed by atoms with Gasteiger partial charge in [-0.2, -0.15) is 0 Å². The lowest BCUT2D eigenvalue weighted by molar-refractivity contribution is -0.145. The number of carbonyl (C=O) groups is 7. The van der Waals surface area contributed by atoms with Crippen LogP contribution in [0.5, 0.6) is 0 Å². The maximum absolute atomic E-state index is 13.5. The van der Waals surface area contributed by atoms with Gasteiger partial charge in [0.1, 0.15) is 12.6 Å². The highest BCUT2D eigenvalue weighted by molar-refractivity contribution is 5.83. The van der Waals surface area contributed by atoms with Crippen LogP contribution < -0.4 is 16.0 Å². The molecule has 1 unspecified atom stereocenters. The molecular weight excluding hydrogens is 784 g/mol. The van der Waals surface area contributed by atoms with Crippen LogP contribution in [0, 0.1) is 11.8 Å². The molecule has 3 rings (SSSR count). The summed E-state index contributed by atoms with van der Waals surface area (Å²) >= 11 is 0. The minimum Gasteiger partial charge on any atom is -0.496 e. The first-order chi connectivity index (χ1) is 28.6. The van der Waals surface area contributed by atoms with E-state index in [1.807, 2.05) is 0 Å². The highest BCUT2D eigenvalue weighted by Gasteiger charge is 2.32. The summed E-state index contributed by atoms with van der Waals surface area (Å²) in [5, 5.41) is 47.3. The second kappa shape index (κ2) is 26.3. The van der Waals surface area contributed by atoms with Gasteiger partial charge in [0.05, 0.1) is 43.8 Å². The molecule has 0 radical (unpaired) electrons. The second-order valence-corrected chi connectivity index (χ2v) is 15.6. The third-order valence-corrected chi connectivity index (χ3v) is 11.1. The largest absolute Gasteiger partial charge is 0.496 e. The van der Waals surface area contributed by atoms with E-state index in [-0.39, 0.29) is 83.6 Å². The summed E-state index contributed by atoms with van der Waals surface area (Å²) in [5.74, 6) is -4.86. The highest BCUT2D eigenvalue weighted by Crippen LogP contribution is 2.23. The Balaban J connectivity index is 1.52. The van der Waals surface area contributed by atoms with Gasteiger partial charge < -0.3 is 46.0 Å². The Morgan fingerprint density at radius 3 is 2.08 bits per heavy atom. The van der Waals surface area contributed by atoms with Crippen molar-refractivity contribution in [2.24, 2.45) is 16.8 Å². The van der Waals surface area contributed by atoms with Crippen molar-refractivity contribution < 1.29 is 58.7 Å². The van der Waals surface area contributed by atoms with Gasteiger partial charge in [-0.05, 0) is 82.8 Å². The molecule has 3 amide bonds. The Morgan fingerprint density at radius 1 is 0.867 bits per heavy atom. The zero-order chi connectivity index (χ0) is 44.0. The van der Waals surface area contributed by atoms with Gasteiger partial charge >= 0.3 is 23.9 Å². The van der Waals surface area contributed by atoms with Crippen LogP contribution in [0.15, 0.2) is 28.6 Å². The van der Waals surface area contributed by atoms with Crippen molar-refractivity contribution >= 4 is 48.3 Å². The summed E-state index contributed by atoms with van der Waals surface area (Å²) in [6, 6.07) is -2.06. The summed E-state index contributed by atoms with van der Waals surface area (Å²) in [7, 11) is 0. The van der Waals surface area contributed by atoms with Crippen LogP contribution in [-0.2, 0) is 38.3 Å². The summed E-state index contributed by atoms with van der Waals surface area (Å²) in [6.45, 7) is 8.87. The molecule has 0 saturated carbocycles. The molecule has 0 aliphatic carbocycles. The molecule has 7 N–H and O–H groups in total. The van der Waals surface area contributed by atoms with Crippen LogP contribution >= 0.6 is 0 Å². The number of carboxylic acids is 4. The normalized spacial score (nSPS) is 20.4. The summed E-state index contributed by atoms with van der Waals surface area (Å²) in [5.41, 5.74) is 0.324. The van der Waals surface area contributed by atoms with E-state index in [9.17, 15) is 54.0 Å². The third-order valence-electron chi connectivity index (χ3n) is 11.1. The molecule has 0 aromatic carbocycles. The van der Waals surface area contributed by atoms with Gasteiger partial charge in [0.25, 0.3) is 0 Å². The molecule has 60 heavy (non-hydrogen) atoms. The number of carboxylic acid groups (broad SMARTS) is 4. The van der Waals surface area contributed by atoms with E-state index in [4.69, 9.17) is 4.74 Å². The second-order valence-electron chi connectivity index (χ2n) is 15.6. The van der Waals surface area contributed by atoms with Crippen LogP contribution in [0.3, 0.4) is 0 Å². The number of ether oxygens (including phenoxy) is 1. The van der Waals surface area contributed by atoms with Crippen molar-refractivity contribution in [3.05, 3.63) is 23.6 Å². The maximum atomic E-state index is 13.5. The molecule has 20 heteroatoms. The molecule has 3 fully saturated rings. The molecule has 3 atom stereocenters. The average Bonchev–Trinajstić information content (AvgIpc) is 3.28. The van der Waals surface area contributed by atoms with Crippen LogP contribution in [-0.4, -0.2) is 192 Å². The van der Waals surface area contributed by atoms with E-state index in [0.717, 1.165) is 32.4 Å². The minimum atomic E-state index is -1.16. The maximum Gasteiger partial charge on any atom is 0.320 e. The number of aliphatic carboxylic acids is 4. The van der Waals surface area contributed by atoms with E-state index in [1.54, 1.807) is 26.5 Å². The number of allylic oxidation sites excluding steroid dienone is 1. The lowest BCUT2D eigenvalue weighted by Crippen LogP contribution is -2.48. The molecule has 0 aromatic rings. The van der Waals surface area contributed by atoms with Gasteiger partial charge in [0, 0.05) is 71.4 Å². The first kappa shape index (κ1) is 49.4. The van der Waals surface area contributed by atoms with Crippen LogP contribution in [0.1, 0.15) is 64.7 Å². The van der Waals surface area contributed by atoms with E-state index >= 15 is 0 Å². The number of hydrogen-bond donors (Lipinski definition) is 7. The van der Waals surface area contributed by atoms with Gasteiger partial charge in [0.15, 0.2) is 0 Å². The fourth-order valence-electron chi connectivity index (χ4n) is 7.79.